The summed E-state index contributed by atoms with van der Waals surface area (Å²) in [5.74, 6) is 1.68. The Balaban J connectivity index is 1.19. The molecule has 0 saturated carbocycles. The Labute approximate surface area is 207 Å². The van der Waals surface area contributed by atoms with Crippen LogP contribution < -0.4 is 19.5 Å². The summed E-state index contributed by atoms with van der Waals surface area (Å²) in [7, 11) is 0. The number of pyridine rings is 1. The maximum Gasteiger partial charge on any atom is 0.304 e. The van der Waals surface area contributed by atoms with Crippen LogP contribution in [0.1, 0.15) is 41.1 Å². The van der Waals surface area contributed by atoms with Gasteiger partial charge >= 0.3 is 5.97 Å². The fourth-order valence-electron chi connectivity index (χ4n) is 4.88. The largest absolute Gasteiger partial charge is 0.493 e. The average Bonchev–Trinajstić information content (AvgIpc) is 3.53. The Morgan fingerprint density at radius 2 is 2.03 bits per heavy atom. The highest BCUT2D eigenvalue weighted by atomic mass is 16.7. The molecule has 0 spiro atoms. The predicted octanol–water partition coefficient (Wildman–Crippen LogP) is 5.14. The zero-order valence-corrected chi connectivity index (χ0v) is 19.7. The van der Waals surface area contributed by atoms with Gasteiger partial charge in [-0.05, 0) is 54.3 Å². The lowest BCUT2D eigenvalue weighted by Crippen LogP contribution is -2.14. The molecule has 1 unspecified atom stereocenters. The standard InChI is InChI=1S/C28H26N2O6/c31-27(32)14-22(18-4-8-24-26(12-18)36-16-35-24)23-15-34-25-13-20(6-7-21(23)25)33-11-9-19-5-3-17-2-1-10-29-28(17)30-19/h3-8,12-13,15,22H,1-2,9-11,14,16H2,(H,29,30)(H,31,32). The third-order valence-electron chi connectivity index (χ3n) is 6.71. The van der Waals surface area contributed by atoms with Gasteiger partial charge in [0.05, 0.1) is 19.3 Å². The van der Waals surface area contributed by atoms with Gasteiger partial charge in [-0.1, -0.05) is 12.1 Å². The molecule has 0 radical (unpaired) electrons. The maximum absolute atomic E-state index is 11.7. The second-order valence-corrected chi connectivity index (χ2v) is 9.05. The topological polar surface area (TPSA) is 103 Å². The zero-order chi connectivity index (χ0) is 24.5. The van der Waals surface area contributed by atoms with Gasteiger partial charge < -0.3 is 29.1 Å². The van der Waals surface area contributed by atoms with Crippen molar-refractivity contribution < 1.29 is 28.5 Å². The van der Waals surface area contributed by atoms with E-state index in [9.17, 15) is 9.90 Å². The van der Waals surface area contributed by atoms with Gasteiger partial charge in [0, 0.05) is 41.6 Å². The molecule has 8 nitrogen and oxygen atoms in total. The predicted molar refractivity (Wildman–Crippen MR) is 133 cm³/mol. The number of benzene rings is 2. The number of fused-ring (bicyclic) bond motifs is 3. The molecular formula is C28H26N2O6. The van der Waals surface area contributed by atoms with E-state index in [1.807, 2.05) is 36.4 Å². The molecule has 4 heterocycles. The summed E-state index contributed by atoms with van der Waals surface area (Å²) in [6.07, 6.45) is 4.47. The van der Waals surface area contributed by atoms with Gasteiger partial charge in [-0.25, -0.2) is 4.98 Å². The van der Waals surface area contributed by atoms with Gasteiger partial charge in [-0.15, -0.1) is 0 Å². The fourth-order valence-corrected chi connectivity index (χ4v) is 4.88. The molecular weight excluding hydrogens is 460 g/mol. The quantitative estimate of drug-likeness (QED) is 0.353. The first kappa shape index (κ1) is 22.3. The number of aliphatic carboxylic acids is 1. The first-order chi connectivity index (χ1) is 17.6. The van der Waals surface area contributed by atoms with Crippen LogP contribution in [0.5, 0.6) is 17.2 Å². The molecule has 2 aromatic heterocycles. The maximum atomic E-state index is 11.7. The Morgan fingerprint density at radius 3 is 2.94 bits per heavy atom. The molecule has 4 aromatic rings. The van der Waals surface area contributed by atoms with Crippen molar-refractivity contribution in [3.63, 3.8) is 0 Å². The van der Waals surface area contributed by atoms with E-state index < -0.39 is 11.9 Å². The number of ether oxygens (including phenoxy) is 3. The number of furan rings is 1. The minimum Gasteiger partial charge on any atom is -0.493 e. The molecule has 184 valence electrons. The number of carbonyl (C=O) groups is 1. The van der Waals surface area contributed by atoms with Crippen molar-refractivity contribution in [3.8, 4) is 17.2 Å². The van der Waals surface area contributed by atoms with Crippen molar-refractivity contribution >= 4 is 22.8 Å². The Hall–Kier alpha value is -4.20. The second-order valence-electron chi connectivity index (χ2n) is 9.05. The van der Waals surface area contributed by atoms with Crippen LogP contribution in [0.25, 0.3) is 11.0 Å². The van der Waals surface area contributed by atoms with Crippen LogP contribution in [0.3, 0.4) is 0 Å². The molecule has 6 rings (SSSR count). The van der Waals surface area contributed by atoms with Crippen LogP contribution in [-0.2, 0) is 17.6 Å². The number of nitrogens with zero attached hydrogens (tertiary/aromatic N) is 1. The number of nitrogens with one attached hydrogen (secondary N) is 1. The summed E-state index contributed by atoms with van der Waals surface area (Å²) in [5, 5.41) is 13.8. The summed E-state index contributed by atoms with van der Waals surface area (Å²) in [4.78, 5) is 16.4. The number of aromatic nitrogens is 1. The van der Waals surface area contributed by atoms with Crippen molar-refractivity contribution in [2.75, 3.05) is 25.3 Å². The van der Waals surface area contributed by atoms with Crippen molar-refractivity contribution in [1.82, 2.24) is 4.98 Å². The van der Waals surface area contributed by atoms with E-state index >= 15 is 0 Å². The average molecular weight is 487 g/mol. The van der Waals surface area contributed by atoms with E-state index in [0.717, 1.165) is 47.4 Å². The van der Waals surface area contributed by atoms with Crippen molar-refractivity contribution in [2.24, 2.45) is 0 Å². The van der Waals surface area contributed by atoms with Crippen molar-refractivity contribution in [1.29, 1.82) is 0 Å². The highest BCUT2D eigenvalue weighted by Gasteiger charge is 2.25. The van der Waals surface area contributed by atoms with Gasteiger partial charge in [0.2, 0.25) is 6.79 Å². The highest BCUT2D eigenvalue weighted by molar-refractivity contribution is 5.84. The fraction of sp³-hybridized carbons (Fsp3) is 0.286. The number of carboxylic acids is 1. The van der Waals surface area contributed by atoms with E-state index in [0.29, 0.717) is 35.9 Å². The van der Waals surface area contributed by atoms with E-state index in [1.165, 1.54) is 5.56 Å². The monoisotopic (exact) mass is 486 g/mol. The zero-order valence-electron chi connectivity index (χ0n) is 19.7. The molecule has 1 atom stereocenters. The van der Waals surface area contributed by atoms with Crippen LogP contribution in [-0.4, -0.2) is 36.0 Å². The van der Waals surface area contributed by atoms with Crippen LogP contribution in [0, 0.1) is 0 Å². The van der Waals surface area contributed by atoms with Gasteiger partial charge in [0.1, 0.15) is 17.2 Å². The Bertz CT molecular complexity index is 1430. The number of anilines is 1. The number of hydrogen-bond donors (Lipinski definition) is 2. The van der Waals surface area contributed by atoms with Crippen LogP contribution in [0.2, 0.25) is 0 Å². The minimum absolute atomic E-state index is 0.0742. The first-order valence-corrected chi connectivity index (χ1v) is 12.1. The third-order valence-corrected chi connectivity index (χ3v) is 6.71. The van der Waals surface area contributed by atoms with E-state index in [2.05, 4.69) is 17.4 Å². The smallest absolute Gasteiger partial charge is 0.304 e. The van der Waals surface area contributed by atoms with Crippen molar-refractivity contribution in [2.45, 2.75) is 31.6 Å². The summed E-state index contributed by atoms with van der Waals surface area (Å²) < 4.78 is 22.7. The van der Waals surface area contributed by atoms with Crippen LogP contribution in [0.15, 0.2) is 59.2 Å². The lowest BCUT2D eigenvalue weighted by Gasteiger charge is -2.17. The lowest BCUT2D eigenvalue weighted by molar-refractivity contribution is -0.137. The Kier molecular flexibility index (Phi) is 5.85. The molecule has 2 aliphatic rings. The number of rotatable bonds is 8. The van der Waals surface area contributed by atoms with Gasteiger partial charge in [-0.2, -0.15) is 0 Å². The first-order valence-electron chi connectivity index (χ1n) is 12.1. The number of carboxylic acid groups (broad SMARTS) is 1. The van der Waals surface area contributed by atoms with Crippen LogP contribution in [0.4, 0.5) is 5.82 Å². The summed E-state index contributed by atoms with van der Waals surface area (Å²) >= 11 is 0. The number of hydrogen-bond acceptors (Lipinski definition) is 7. The molecule has 0 aliphatic carbocycles. The van der Waals surface area contributed by atoms with Crippen molar-refractivity contribution in [3.05, 3.63) is 77.2 Å². The summed E-state index contributed by atoms with van der Waals surface area (Å²) in [6.45, 7) is 1.62. The molecule has 0 saturated heterocycles. The molecule has 2 aliphatic heterocycles. The SMILES string of the molecule is O=C(O)CC(c1ccc2c(c1)OCO2)c1coc2cc(OCCc3ccc4c(n3)NCCC4)ccc12. The Morgan fingerprint density at radius 1 is 1.11 bits per heavy atom. The minimum atomic E-state index is -0.891. The van der Waals surface area contributed by atoms with E-state index in [-0.39, 0.29) is 13.2 Å². The summed E-state index contributed by atoms with van der Waals surface area (Å²) in [6, 6.07) is 15.4. The second kappa shape index (κ2) is 9.45. The lowest BCUT2D eigenvalue weighted by atomic mass is 9.88. The molecule has 2 aromatic carbocycles. The van der Waals surface area contributed by atoms with Gasteiger partial charge in [0.25, 0.3) is 0 Å². The third kappa shape index (κ3) is 4.42. The molecule has 0 bridgehead atoms. The molecule has 36 heavy (non-hydrogen) atoms. The molecule has 0 fully saturated rings. The molecule has 8 heteroatoms. The highest BCUT2D eigenvalue weighted by Crippen LogP contribution is 2.40. The van der Waals surface area contributed by atoms with E-state index in [1.54, 1.807) is 6.26 Å². The molecule has 0 amide bonds. The summed E-state index contributed by atoms with van der Waals surface area (Å²) in [5.41, 5.74) is 4.55. The van der Waals surface area contributed by atoms with Gasteiger partial charge in [0.15, 0.2) is 11.5 Å². The normalized spacial score (nSPS) is 14.8. The number of aryl methyl sites for hydroxylation is 1. The van der Waals surface area contributed by atoms with Crippen LogP contribution >= 0.6 is 0 Å². The van der Waals surface area contributed by atoms with E-state index in [4.69, 9.17) is 23.6 Å². The van der Waals surface area contributed by atoms with Gasteiger partial charge in [-0.3, -0.25) is 4.79 Å². The molecule has 2 N–H and O–H groups in total.